The van der Waals surface area contributed by atoms with E-state index in [1.54, 1.807) is 36.7 Å². The van der Waals surface area contributed by atoms with Crippen molar-refractivity contribution in [1.29, 1.82) is 0 Å². The Morgan fingerprint density at radius 1 is 0.605 bits per heavy atom. The Morgan fingerprint density at radius 2 is 1.00 bits per heavy atom. The molecule has 0 fully saturated rings. The fraction of sp³-hybridized carbons (Fsp3) is 0.188. The molecule has 0 saturated carbocycles. The van der Waals surface area contributed by atoms with Crippen molar-refractivity contribution < 1.29 is 19.7 Å². The minimum Gasteiger partial charge on any atom is -0.504 e. The first kappa shape index (κ1) is 26.5. The van der Waals surface area contributed by atoms with Crippen molar-refractivity contribution in [2.24, 2.45) is 9.98 Å². The van der Waals surface area contributed by atoms with Gasteiger partial charge in [0.1, 0.15) is 0 Å². The molecule has 0 amide bonds. The van der Waals surface area contributed by atoms with Crippen LogP contribution in [0.25, 0.3) is 11.1 Å². The Hall–Kier alpha value is -4.58. The summed E-state index contributed by atoms with van der Waals surface area (Å²) in [4.78, 5) is 9.31. The van der Waals surface area contributed by atoms with Crippen molar-refractivity contribution in [1.82, 2.24) is 0 Å². The molecule has 6 heteroatoms. The molecule has 0 spiro atoms. The van der Waals surface area contributed by atoms with E-state index in [-0.39, 0.29) is 11.5 Å². The highest BCUT2D eigenvalue weighted by Crippen LogP contribution is 2.35. The number of ether oxygens (including phenoxy) is 2. The average molecular weight is 509 g/mol. The van der Waals surface area contributed by atoms with Crippen molar-refractivity contribution in [3.8, 4) is 34.1 Å². The van der Waals surface area contributed by atoms with E-state index < -0.39 is 0 Å². The van der Waals surface area contributed by atoms with Gasteiger partial charge in [-0.15, -0.1) is 0 Å². The van der Waals surface area contributed by atoms with Crippen LogP contribution in [-0.4, -0.2) is 36.9 Å². The molecular weight excluding hydrogens is 476 g/mol. The number of hydrogen-bond donors (Lipinski definition) is 2. The lowest BCUT2D eigenvalue weighted by Gasteiger charge is -2.17. The summed E-state index contributed by atoms with van der Waals surface area (Å²) in [6.45, 7) is 5.10. The summed E-state index contributed by atoms with van der Waals surface area (Å²) in [7, 11) is 3.05. The normalized spacial score (nSPS) is 11.4. The SMILES string of the molecule is COc1cccc(C=NCc2cccc(C)c2-c2c(C)cccc2CN=Cc2cccc(OC)c2O)c1O. The first-order chi connectivity index (χ1) is 18.4. The van der Waals surface area contributed by atoms with Crippen LogP contribution in [-0.2, 0) is 13.1 Å². The van der Waals surface area contributed by atoms with Crippen molar-refractivity contribution in [2.45, 2.75) is 26.9 Å². The first-order valence-corrected chi connectivity index (χ1v) is 12.3. The van der Waals surface area contributed by atoms with Gasteiger partial charge in [0.2, 0.25) is 0 Å². The molecule has 0 atom stereocenters. The predicted octanol–water partition coefficient (Wildman–Crippen LogP) is 6.64. The summed E-state index contributed by atoms with van der Waals surface area (Å²) in [5.74, 6) is 0.976. The maximum atomic E-state index is 10.4. The minimum atomic E-state index is 0.0735. The van der Waals surface area contributed by atoms with Crippen LogP contribution in [0.15, 0.2) is 82.8 Å². The van der Waals surface area contributed by atoms with Crippen LogP contribution in [0.2, 0.25) is 0 Å². The van der Waals surface area contributed by atoms with E-state index in [0.717, 1.165) is 33.4 Å². The molecule has 0 bridgehead atoms. The molecule has 194 valence electrons. The molecule has 0 heterocycles. The monoisotopic (exact) mass is 508 g/mol. The number of aliphatic imine (C=N–C) groups is 2. The molecule has 0 aliphatic heterocycles. The van der Waals surface area contributed by atoms with Crippen LogP contribution in [0.1, 0.15) is 33.4 Å². The van der Waals surface area contributed by atoms with Gasteiger partial charge in [0.05, 0.1) is 27.3 Å². The van der Waals surface area contributed by atoms with Gasteiger partial charge in [0.25, 0.3) is 0 Å². The topological polar surface area (TPSA) is 83.6 Å². The van der Waals surface area contributed by atoms with Gasteiger partial charge < -0.3 is 19.7 Å². The van der Waals surface area contributed by atoms with Gasteiger partial charge in [-0.1, -0.05) is 48.5 Å². The number of phenolic OH excluding ortho intramolecular Hbond substituents is 2. The quantitative estimate of drug-likeness (QED) is 0.248. The van der Waals surface area contributed by atoms with Gasteiger partial charge in [0.15, 0.2) is 23.0 Å². The van der Waals surface area contributed by atoms with E-state index in [9.17, 15) is 10.2 Å². The number of hydrogen-bond acceptors (Lipinski definition) is 6. The molecule has 6 nitrogen and oxygen atoms in total. The fourth-order valence-electron chi connectivity index (χ4n) is 4.54. The van der Waals surface area contributed by atoms with Crippen LogP contribution in [0.4, 0.5) is 0 Å². The zero-order valence-electron chi connectivity index (χ0n) is 22.1. The second-order valence-electron chi connectivity index (χ2n) is 8.95. The summed E-state index contributed by atoms with van der Waals surface area (Å²) < 4.78 is 10.4. The van der Waals surface area contributed by atoms with Crippen LogP contribution in [0.3, 0.4) is 0 Å². The standard InChI is InChI=1S/C32H32N2O4/c1-21-9-5-11-23(17-33-19-25-13-7-15-27(37-3)31(25)35)29(21)30-22(2)10-6-12-24(30)18-34-20-26-14-8-16-28(38-4)32(26)36/h5-16,19-20,35-36H,17-18H2,1-4H3. The lowest BCUT2D eigenvalue weighted by molar-refractivity contribution is 0.373. The number of aromatic hydroxyl groups is 2. The third kappa shape index (κ3) is 5.70. The van der Waals surface area contributed by atoms with E-state index >= 15 is 0 Å². The van der Waals surface area contributed by atoms with Gasteiger partial charge in [-0.3, -0.25) is 9.98 Å². The number of para-hydroxylation sites is 2. The third-order valence-electron chi connectivity index (χ3n) is 6.45. The summed E-state index contributed by atoms with van der Waals surface area (Å²) in [6, 6.07) is 23.1. The van der Waals surface area contributed by atoms with Crippen LogP contribution in [0.5, 0.6) is 23.0 Å². The van der Waals surface area contributed by atoms with Crippen LogP contribution in [0, 0.1) is 13.8 Å². The molecule has 4 aromatic rings. The number of aryl methyl sites for hydroxylation is 2. The summed E-state index contributed by atoms with van der Waals surface area (Å²) >= 11 is 0. The maximum Gasteiger partial charge on any atom is 0.166 e. The Bertz CT molecular complexity index is 1380. The van der Waals surface area contributed by atoms with E-state index in [4.69, 9.17) is 9.47 Å². The molecule has 4 aromatic carbocycles. The minimum absolute atomic E-state index is 0.0735. The highest BCUT2D eigenvalue weighted by atomic mass is 16.5. The molecule has 0 aromatic heterocycles. The lowest BCUT2D eigenvalue weighted by atomic mass is 9.88. The number of benzene rings is 4. The second kappa shape index (κ2) is 12.1. The number of methoxy groups -OCH3 is 2. The molecular formula is C32H32N2O4. The first-order valence-electron chi connectivity index (χ1n) is 12.3. The number of nitrogens with zero attached hydrogens (tertiary/aromatic N) is 2. The predicted molar refractivity (Wildman–Crippen MR) is 153 cm³/mol. The van der Waals surface area contributed by atoms with Crippen LogP contribution >= 0.6 is 0 Å². The zero-order chi connectivity index (χ0) is 27.1. The van der Waals surface area contributed by atoms with Crippen LogP contribution < -0.4 is 9.47 Å². The fourth-order valence-corrected chi connectivity index (χ4v) is 4.54. The lowest BCUT2D eigenvalue weighted by Crippen LogP contribution is -1.99. The Balaban J connectivity index is 1.66. The van der Waals surface area contributed by atoms with Gasteiger partial charge in [-0.05, 0) is 71.5 Å². The molecule has 0 aliphatic carbocycles. The molecule has 2 N–H and O–H groups in total. The molecule has 38 heavy (non-hydrogen) atoms. The van der Waals surface area contributed by atoms with E-state index in [0.29, 0.717) is 35.7 Å². The molecule has 0 unspecified atom stereocenters. The van der Waals surface area contributed by atoms with Crippen molar-refractivity contribution in [3.05, 3.63) is 106 Å². The van der Waals surface area contributed by atoms with E-state index in [2.05, 4.69) is 48.1 Å². The molecule has 0 radical (unpaired) electrons. The van der Waals surface area contributed by atoms with E-state index in [1.165, 1.54) is 14.2 Å². The molecule has 0 saturated heterocycles. The largest absolute Gasteiger partial charge is 0.504 e. The Kier molecular flexibility index (Phi) is 8.44. The zero-order valence-corrected chi connectivity index (χ0v) is 22.1. The van der Waals surface area contributed by atoms with Gasteiger partial charge in [-0.25, -0.2) is 0 Å². The summed E-state index contributed by atoms with van der Waals surface area (Å²) in [5, 5.41) is 20.8. The Labute approximate surface area is 223 Å². The number of rotatable bonds is 9. The smallest absolute Gasteiger partial charge is 0.166 e. The summed E-state index contributed by atoms with van der Waals surface area (Å²) in [6.07, 6.45) is 3.35. The van der Waals surface area contributed by atoms with Crippen molar-refractivity contribution in [3.63, 3.8) is 0 Å². The van der Waals surface area contributed by atoms with E-state index in [1.807, 2.05) is 24.3 Å². The van der Waals surface area contributed by atoms with Gasteiger partial charge >= 0.3 is 0 Å². The highest BCUT2D eigenvalue weighted by Gasteiger charge is 2.15. The maximum absolute atomic E-state index is 10.4. The van der Waals surface area contributed by atoms with Crippen molar-refractivity contribution in [2.75, 3.05) is 14.2 Å². The van der Waals surface area contributed by atoms with Gasteiger partial charge in [0, 0.05) is 23.6 Å². The second-order valence-corrected chi connectivity index (χ2v) is 8.95. The van der Waals surface area contributed by atoms with Crippen molar-refractivity contribution >= 4 is 12.4 Å². The third-order valence-corrected chi connectivity index (χ3v) is 6.45. The summed E-state index contributed by atoms with van der Waals surface area (Å²) in [5.41, 5.74) is 7.91. The molecule has 4 rings (SSSR count). The number of phenols is 2. The Morgan fingerprint density at radius 3 is 1.39 bits per heavy atom. The highest BCUT2D eigenvalue weighted by molar-refractivity contribution is 5.86. The molecule has 0 aliphatic rings. The van der Waals surface area contributed by atoms with Gasteiger partial charge in [-0.2, -0.15) is 0 Å². The average Bonchev–Trinajstić information content (AvgIpc) is 2.91.